The summed E-state index contributed by atoms with van der Waals surface area (Å²) in [6.07, 6.45) is 0.0883. The van der Waals surface area contributed by atoms with Gasteiger partial charge in [-0.2, -0.15) is 10.5 Å². The van der Waals surface area contributed by atoms with Gasteiger partial charge in [0.25, 0.3) is 0 Å². The summed E-state index contributed by atoms with van der Waals surface area (Å²) >= 11 is 0. The van der Waals surface area contributed by atoms with E-state index in [1.165, 1.54) is 0 Å². The minimum Gasteiger partial charge on any atom is -0.444 e. The van der Waals surface area contributed by atoms with E-state index in [0.29, 0.717) is 12.0 Å². The third kappa shape index (κ3) is 4.47. The lowest BCUT2D eigenvalue weighted by Gasteiger charge is -2.28. The molecule has 0 aromatic heterocycles. The Balaban J connectivity index is 2.08. The van der Waals surface area contributed by atoms with Gasteiger partial charge < -0.3 is 10.1 Å². The first-order valence-corrected chi connectivity index (χ1v) is 9.51. The highest BCUT2D eigenvalue weighted by atomic mass is 16.6. The monoisotopic (exact) mass is 385 g/mol. The van der Waals surface area contributed by atoms with Gasteiger partial charge in [0, 0.05) is 5.92 Å². The van der Waals surface area contributed by atoms with Crippen LogP contribution in [0.2, 0.25) is 0 Å². The van der Waals surface area contributed by atoms with Gasteiger partial charge in [0.2, 0.25) is 0 Å². The van der Waals surface area contributed by atoms with Crippen molar-refractivity contribution in [1.82, 2.24) is 5.32 Å². The number of rotatable bonds is 3. The molecule has 0 unspecified atom stereocenters. The molecular weight excluding hydrogens is 362 g/mol. The van der Waals surface area contributed by atoms with E-state index in [-0.39, 0.29) is 11.5 Å². The number of nitrogens with one attached hydrogen (secondary N) is 1. The number of hydrogen-bond acceptors (Lipinski definition) is 4. The summed E-state index contributed by atoms with van der Waals surface area (Å²) in [6.45, 7) is 5.43. The zero-order valence-electron chi connectivity index (χ0n) is 16.8. The van der Waals surface area contributed by atoms with Crippen LogP contribution in [0.3, 0.4) is 0 Å². The van der Waals surface area contributed by atoms with Crippen molar-refractivity contribution in [1.29, 1.82) is 10.5 Å². The lowest BCUT2D eigenvalue weighted by molar-refractivity contribution is 0.0493. The molecular formula is C24H23N3O2. The maximum atomic E-state index is 12.6. The lowest BCUT2D eigenvalue weighted by atomic mass is 9.85. The van der Waals surface area contributed by atoms with Gasteiger partial charge in [-0.1, -0.05) is 54.6 Å². The van der Waals surface area contributed by atoms with Gasteiger partial charge in [-0.15, -0.1) is 0 Å². The van der Waals surface area contributed by atoms with Gasteiger partial charge in [0.1, 0.15) is 23.3 Å². The average Bonchev–Trinajstić information content (AvgIpc) is 3.06. The van der Waals surface area contributed by atoms with Crippen LogP contribution in [0, 0.1) is 28.6 Å². The Bertz CT molecular complexity index is 1000. The van der Waals surface area contributed by atoms with E-state index < -0.39 is 17.7 Å². The Hall–Kier alpha value is -3.57. The zero-order valence-corrected chi connectivity index (χ0v) is 16.8. The molecule has 2 atom stereocenters. The predicted octanol–water partition coefficient (Wildman–Crippen LogP) is 4.93. The number of allylic oxidation sites excluding steroid dienone is 1. The molecule has 0 aliphatic heterocycles. The topological polar surface area (TPSA) is 85.9 Å². The molecule has 0 spiro atoms. The molecule has 2 aromatic carbocycles. The van der Waals surface area contributed by atoms with Gasteiger partial charge in [0.15, 0.2) is 0 Å². The van der Waals surface area contributed by atoms with Crippen LogP contribution in [0.25, 0.3) is 5.57 Å². The van der Waals surface area contributed by atoms with Crippen LogP contribution in [-0.4, -0.2) is 11.7 Å². The van der Waals surface area contributed by atoms with Crippen LogP contribution in [0.5, 0.6) is 0 Å². The lowest BCUT2D eigenvalue weighted by Crippen LogP contribution is -2.38. The maximum absolute atomic E-state index is 12.6. The first-order chi connectivity index (χ1) is 13.8. The van der Waals surface area contributed by atoms with Crippen molar-refractivity contribution in [2.75, 3.05) is 0 Å². The van der Waals surface area contributed by atoms with E-state index in [4.69, 9.17) is 4.74 Å². The second-order valence-corrected chi connectivity index (χ2v) is 8.01. The van der Waals surface area contributed by atoms with Crippen LogP contribution in [0.1, 0.15) is 43.5 Å². The predicted molar refractivity (Wildman–Crippen MR) is 110 cm³/mol. The van der Waals surface area contributed by atoms with E-state index >= 15 is 0 Å². The van der Waals surface area contributed by atoms with E-state index in [9.17, 15) is 15.3 Å². The van der Waals surface area contributed by atoms with Crippen LogP contribution >= 0.6 is 0 Å². The first kappa shape index (κ1) is 20.2. The Labute approximate surface area is 171 Å². The third-order valence-electron chi connectivity index (χ3n) is 4.84. The fourth-order valence-electron chi connectivity index (χ4n) is 3.76. The Morgan fingerprint density at radius 3 is 2.31 bits per heavy atom. The summed E-state index contributed by atoms with van der Waals surface area (Å²) in [4.78, 5) is 12.6. The molecule has 1 aliphatic carbocycles. The first-order valence-electron chi connectivity index (χ1n) is 9.51. The molecule has 5 heteroatoms. The van der Waals surface area contributed by atoms with Gasteiger partial charge in [-0.05, 0) is 49.5 Å². The smallest absolute Gasteiger partial charge is 0.408 e. The van der Waals surface area contributed by atoms with Gasteiger partial charge in [-0.3, -0.25) is 0 Å². The minimum atomic E-state index is -0.632. The summed E-state index contributed by atoms with van der Waals surface area (Å²) < 4.78 is 5.48. The highest BCUT2D eigenvalue weighted by molar-refractivity contribution is 5.83. The molecule has 1 N–H and O–H groups in total. The van der Waals surface area contributed by atoms with Gasteiger partial charge in [-0.25, -0.2) is 4.79 Å². The summed E-state index contributed by atoms with van der Waals surface area (Å²) in [6, 6.07) is 21.0. The number of amides is 1. The molecule has 3 rings (SSSR count). The van der Waals surface area contributed by atoms with Crippen LogP contribution < -0.4 is 5.32 Å². The number of hydrogen-bond donors (Lipinski definition) is 1. The quantitative estimate of drug-likeness (QED) is 0.759. The van der Waals surface area contributed by atoms with Crippen molar-refractivity contribution < 1.29 is 9.53 Å². The number of alkyl carbamates (subject to hydrolysis) is 1. The number of fused-ring (bicyclic) bond motifs is 1. The fourth-order valence-corrected chi connectivity index (χ4v) is 3.76. The molecule has 29 heavy (non-hydrogen) atoms. The van der Waals surface area contributed by atoms with E-state index in [1.54, 1.807) is 0 Å². The molecule has 146 valence electrons. The van der Waals surface area contributed by atoms with Crippen molar-refractivity contribution in [3.05, 3.63) is 76.9 Å². The summed E-state index contributed by atoms with van der Waals surface area (Å²) in [5.74, 6) is -0.253. The van der Waals surface area contributed by atoms with Crippen molar-refractivity contribution >= 4 is 11.7 Å². The number of benzene rings is 2. The molecule has 1 aliphatic rings. The van der Waals surface area contributed by atoms with Crippen molar-refractivity contribution in [2.24, 2.45) is 5.92 Å². The third-order valence-corrected chi connectivity index (χ3v) is 4.84. The second kappa shape index (κ2) is 8.20. The van der Waals surface area contributed by atoms with Crippen LogP contribution in [0.4, 0.5) is 4.79 Å². The Morgan fingerprint density at radius 2 is 1.69 bits per heavy atom. The van der Waals surface area contributed by atoms with E-state index in [1.807, 2.05) is 87.5 Å². The van der Waals surface area contributed by atoms with E-state index in [0.717, 1.165) is 16.7 Å². The molecule has 0 fully saturated rings. The molecule has 0 heterocycles. The highest BCUT2D eigenvalue weighted by Gasteiger charge is 2.37. The summed E-state index contributed by atoms with van der Waals surface area (Å²) in [5, 5.41) is 22.1. The van der Waals surface area contributed by atoms with Crippen LogP contribution in [-0.2, 0) is 11.2 Å². The zero-order chi connectivity index (χ0) is 21.0. The molecule has 2 aromatic rings. The minimum absolute atomic E-state index is 0.0758. The van der Waals surface area contributed by atoms with Gasteiger partial charge in [0.05, 0.1) is 6.04 Å². The highest BCUT2D eigenvalue weighted by Crippen LogP contribution is 2.45. The molecule has 0 saturated carbocycles. The number of ether oxygens (including phenoxy) is 1. The standard InChI is InChI=1S/C24H23N3O2/c1-24(2,3)29-23(28)27-22(16-9-5-4-6-10-16)20-13-17-11-7-8-12-19(17)21(20)18(14-25)15-26/h4-12,20,22H,13H2,1-3H3,(H,27,28)/t20-,22+/m1/s1. The van der Waals surface area contributed by atoms with Gasteiger partial charge >= 0.3 is 6.09 Å². The number of carbonyl (C=O) groups excluding carboxylic acids is 1. The van der Waals surface area contributed by atoms with E-state index in [2.05, 4.69) is 5.32 Å². The summed E-state index contributed by atoms with van der Waals surface area (Å²) in [5.41, 5.74) is 2.96. The number of nitrogens with zero attached hydrogens (tertiary/aromatic N) is 2. The van der Waals surface area contributed by atoms with Crippen molar-refractivity contribution in [2.45, 2.75) is 38.8 Å². The average molecular weight is 385 g/mol. The Kier molecular flexibility index (Phi) is 5.71. The molecule has 1 amide bonds. The Morgan fingerprint density at radius 1 is 1.07 bits per heavy atom. The molecule has 0 saturated heterocycles. The molecule has 0 bridgehead atoms. The SMILES string of the molecule is CC(C)(C)OC(=O)N[C@@H](c1ccccc1)[C@@H]1Cc2ccccc2C1=C(C#N)C#N. The van der Waals surface area contributed by atoms with Crippen molar-refractivity contribution in [3.8, 4) is 12.1 Å². The number of carbonyl (C=O) groups is 1. The molecule has 0 radical (unpaired) electrons. The van der Waals surface area contributed by atoms with Crippen LogP contribution in [0.15, 0.2) is 60.2 Å². The fraction of sp³-hybridized carbons (Fsp3) is 0.292. The summed E-state index contributed by atoms with van der Waals surface area (Å²) in [7, 11) is 0. The normalized spacial score (nSPS) is 16.2. The maximum Gasteiger partial charge on any atom is 0.408 e. The molecule has 5 nitrogen and oxygen atoms in total. The second-order valence-electron chi connectivity index (χ2n) is 8.01. The number of nitriles is 2. The largest absolute Gasteiger partial charge is 0.444 e. The van der Waals surface area contributed by atoms with Crippen molar-refractivity contribution in [3.63, 3.8) is 0 Å².